The number of rotatable bonds is 4. The van der Waals surface area contributed by atoms with Gasteiger partial charge in [0.15, 0.2) is 0 Å². The van der Waals surface area contributed by atoms with Crippen LogP contribution in [0.15, 0.2) is 21.1 Å². The number of hydrogen-bond donors (Lipinski definition) is 1. The van der Waals surface area contributed by atoms with Crippen molar-refractivity contribution in [1.29, 1.82) is 0 Å². The third-order valence-electron chi connectivity index (χ3n) is 2.90. The molecule has 2 aromatic heterocycles. The maximum atomic E-state index is 5.51. The third kappa shape index (κ3) is 2.58. The van der Waals surface area contributed by atoms with E-state index in [9.17, 15) is 0 Å². The summed E-state index contributed by atoms with van der Waals surface area (Å²) in [7, 11) is 0. The number of nitrogens with one attached hydrogen (secondary N) is 1. The highest BCUT2D eigenvalue weighted by Crippen LogP contribution is 2.21. The summed E-state index contributed by atoms with van der Waals surface area (Å²) in [6, 6.07) is 4.16. The van der Waals surface area contributed by atoms with Gasteiger partial charge in [-0.05, 0) is 39.8 Å². The molecule has 2 heterocycles. The van der Waals surface area contributed by atoms with Crippen molar-refractivity contribution in [3.63, 3.8) is 0 Å². The molecule has 1 unspecified atom stereocenters. The van der Waals surface area contributed by atoms with Gasteiger partial charge in [-0.25, -0.2) is 0 Å². The van der Waals surface area contributed by atoms with Crippen LogP contribution < -0.4 is 5.32 Å². The van der Waals surface area contributed by atoms with E-state index < -0.39 is 0 Å². The zero-order valence-electron chi connectivity index (χ0n) is 10.7. The van der Waals surface area contributed by atoms with E-state index in [-0.39, 0.29) is 6.04 Å². The highest BCUT2D eigenvalue weighted by Gasteiger charge is 2.16. The normalized spacial score (nSPS) is 12.9. The zero-order valence-corrected chi connectivity index (χ0v) is 10.7. The van der Waals surface area contributed by atoms with E-state index in [4.69, 9.17) is 8.94 Å². The SMILES string of the molecule is Cc1ccc(CNC(C)c2c(C)noc2C)o1. The first-order chi connectivity index (χ1) is 8.08. The van der Waals surface area contributed by atoms with Crippen LogP contribution >= 0.6 is 0 Å². The van der Waals surface area contributed by atoms with Crippen molar-refractivity contribution in [1.82, 2.24) is 10.5 Å². The Morgan fingerprint density at radius 3 is 2.59 bits per heavy atom. The monoisotopic (exact) mass is 234 g/mol. The van der Waals surface area contributed by atoms with E-state index in [1.165, 1.54) is 0 Å². The van der Waals surface area contributed by atoms with Crippen molar-refractivity contribution in [2.45, 2.75) is 40.3 Å². The van der Waals surface area contributed by atoms with Crippen molar-refractivity contribution >= 4 is 0 Å². The second kappa shape index (κ2) is 4.75. The van der Waals surface area contributed by atoms with Crippen LogP contribution in [0.3, 0.4) is 0 Å². The van der Waals surface area contributed by atoms with Gasteiger partial charge in [-0.3, -0.25) is 0 Å². The Kier molecular flexibility index (Phi) is 3.33. The molecular weight excluding hydrogens is 216 g/mol. The van der Waals surface area contributed by atoms with E-state index in [0.717, 1.165) is 28.5 Å². The molecule has 4 nitrogen and oxygen atoms in total. The van der Waals surface area contributed by atoms with Crippen LogP contribution in [0.25, 0.3) is 0 Å². The van der Waals surface area contributed by atoms with Gasteiger partial charge < -0.3 is 14.3 Å². The van der Waals surface area contributed by atoms with Crippen molar-refractivity contribution < 1.29 is 8.94 Å². The van der Waals surface area contributed by atoms with E-state index in [1.54, 1.807) is 0 Å². The van der Waals surface area contributed by atoms with Crippen LogP contribution in [0.2, 0.25) is 0 Å². The van der Waals surface area contributed by atoms with Gasteiger partial charge in [0.2, 0.25) is 0 Å². The molecule has 0 aliphatic rings. The van der Waals surface area contributed by atoms with Gasteiger partial charge in [0.1, 0.15) is 17.3 Å². The van der Waals surface area contributed by atoms with Gasteiger partial charge in [-0.15, -0.1) is 0 Å². The zero-order chi connectivity index (χ0) is 12.4. The molecule has 4 heteroatoms. The van der Waals surface area contributed by atoms with Crippen LogP contribution in [-0.2, 0) is 6.54 Å². The van der Waals surface area contributed by atoms with Gasteiger partial charge >= 0.3 is 0 Å². The lowest BCUT2D eigenvalue weighted by Crippen LogP contribution is -2.18. The first kappa shape index (κ1) is 11.9. The van der Waals surface area contributed by atoms with Crippen LogP contribution in [0.4, 0.5) is 0 Å². The predicted molar refractivity (Wildman–Crippen MR) is 64.7 cm³/mol. The minimum atomic E-state index is 0.201. The highest BCUT2D eigenvalue weighted by atomic mass is 16.5. The molecule has 0 bridgehead atoms. The lowest BCUT2D eigenvalue weighted by atomic mass is 10.1. The molecule has 0 amide bonds. The Morgan fingerprint density at radius 2 is 2.06 bits per heavy atom. The minimum Gasteiger partial charge on any atom is -0.465 e. The summed E-state index contributed by atoms with van der Waals surface area (Å²) in [5, 5.41) is 7.36. The van der Waals surface area contributed by atoms with Gasteiger partial charge in [0.25, 0.3) is 0 Å². The Labute approximate surface area is 101 Å². The molecule has 0 aliphatic carbocycles. The average molecular weight is 234 g/mol. The molecule has 2 aromatic rings. The average Bonchev–Trinajstić information content (AvgIpc) is 2.83. The first-order valence-electron chi connectivity index (χ1n) is 5.79. The first-order valence-corrected chi connectivity index (χ1v) is 5.79. The van der Waals surface area contributed by atoms with E-state index in [1.807, 2.05) is 32.9 Å². The van der Waals surface area contributed by atoms with Gasteiger partial charge in [0, 0.05) is 11.6 Å². The lowest BCUT2D eigenvalue weighted by Gasteiger charge is -2.12. The molecule has 0 saturated heterocycles. The fourth-order valence-corrected chi connectivity index (χ4v) is 2.04. The molecule has 0 spiro atoms. The molecule has 0 aromatic carbocycles. The molecule has 0 fully saturated rings. The highest BCUT2D eigenvalue weighted by molar-refractivity contribution is 5.24. The molecule has 92 valence electrons. The third-order valence-corrected chi connectivity index (χ3v) is 2.90. The standard InChI is InChI=1S/C13H18N2O2/c1-8-5-6-12(16-8)7-14-9(2)13-10(3)15-17-11(13)4/h5-6,9,14H,7H2,1-4H3. The fraction of sp³-hybridized carbons (Fsp3) is 0.462. The molecule has 0 aliphatic heterocycles. The molecule has 0 saturated carbocycles. The van der Waals surface area contributed by atoms with Crippen LogP contribution in [0.5, 0.6) is 0 Å². The van der Waals surface area contributed by atoms with Crippen LogP contribution in [0, 0.1) is 20.8 Å². The topological polar surface area (TPSA) is 51.2 Å². The van der Waals surface area contributed by atoms with Crippen molar-refractivity contribution in [2.75, 3.05) is 0 Å². The Bertz CT molecular complexity index is 480. The lowest BCUT2D eigenvalue weighted by molar-refractivity contribution is 0.389. The number of nitrogens with zero attached hydrogens (tertiary/aromatic N) is 1. The Morgan fingerprint density at radius 1 is 1.29 bits per heavy atom. The molecule has 1 atom stereocenters. The number of hydrogen-bond acceptors (Lipinski definition) is 4. The summed E-state index contributed by atoms with van der Waals surface area (Å²) < 4.78 is 10.7. The van der Waals surface area contributed by atoms with Crippen molar-refractivity contribution in [3.05, 3.63) is 40.7 Å². The minimum absolute atomic E-state index is 0.201. The maximum absolute atomic E-state index is 5.51. The summed E-state index contributed by atoms with van der Waals surface area (Å²) in [4.78, 5) is 0. The van der Waals surface area contributed by atoms with E-state index in [2.05, 4.69) is 17.4 Å². The van der Waals surface area contributed by atoms with Crippen LogP contribution in [0.1, 0.15) is 41.5 Å². The molecular formula is C13H18N2O2. The van der Waals surface area contributed by atoms with E-state index >= 15 is 0 Å². The smallest absolute Gasteiger partial charge is 0.138 e. The summed E-state index contributed by atoms with van der Waals surface area (Å²) in [5.41, 5.74) is 2.08. The Hall–Kier alpha value is -1.55. The fourth-order valence-electron chi connectivity index (χ4n) is 2.04. The predicted octanol–water partition coefficient (Wildman–Crippen LogP) is 3.04. The summed E-state index contributed by atoms with van der Waals surface area (Å²) >= 11 is 0. The molecule has 1 N–H and O–H groups in total. The van der Waals surface area contributed by atoms with Crippen molar-refractivity contribution in [3.8, 4) is 0 Å². The second-order valence-corrected chi connectivity index (χ2v) is 4.35. The number of furan rings is 1. The van der Waals surface area contributed by atoms with Gasteiger partial charge in [-0.2, -0.15) is 0 Å². The molecule has 0 radical (unpaired) electrons. The van der Waals surface area contributed by atoms with Crippen LogP contribution in [-0.4, -0.2) is 5.16 Å². The van der Waals surface area contributed by atoms with Gasteiger partial charge in [-0.1, -0.05) is 5.16 Å². The largest absolute Gasteiger partial charge is 0.465 e. The molecule has 17 heavy (non-hydrogen) atoms. The van der Waals surface area contributed by atoms with E-state index in [0.29, 0.717) is 6.54 Å². The number of aromatic nitrogens is 1. The summed E-state index contributed by atoms with van der Waals surface area (Å²) in [6.07, 6.45) is 0. The summed E-state index contributed by atoms with van der Waals surface area (Å²) in [6.45, 7) is 8.65. The van der Waals surface area contributed by atoms with Gasteiger partial charge in [0.05, 0.1) is 12.2 Å². The summed E-state index contributed by atoms with van der Waals surface area (Å²) in [5.74, 6) is 2.76. The quantitative estimate of drug-likeness (QED) is 0.883. The second-order valence-electron chi connectivity index (χ2n) is 4.35. The molecule has 2 rings (SSSR count). The van der Waals surface area contributed by atoms with Crippen molar-refractivity contribution in [2.24, 2.45) is 0 Å². The Balaban J connectivity index is 2.00. The number of aryl methyl sites for hydroxylation is 3. The maximum Gasteiger partial charge on any atom is 0.138 e.